The molecular formula is C24H21N3O2S. The first kappa shape index (κ1) is 19.8. The number of aryl methyl sites for hydroxylation is 3. The predicted octanol–water partition coefficient (Wildman–Crippen LogP) is 5.55. The van der Waals surface area contributed by atoms with Crippen LogP contribution < -0.4 is 10.6 Å². The van der Waals surface area contributed by atoms with E-state index in [1.807, 2.05) is 75.4 Å². The molecule has 0 unspecified atom stereocenters. The SMILES string of the molecule is Cc1ccc(C(=O)NC(=S)Nc2ccc(-c3nc4ccc(C)cc4o3)cc2)c(C)c1. The first-order valence-corrected chi connectivity index (χ1v) is 9.97. The molecule has 0 spiro atoms. The highest BCUT2D eigenvalue weighted by molar-refractivity contribution is 7.80. The van der Waals surface area contributed by atoms with Crippen LogP contribution in [0.5, 0.6) is 0 Å². The van der Waals surface area contributed by atoms with Gasteiger partial charge in [-0.1, -0.05) is 23.8 Å². The molecule has 0 aliphatic heterocycles. The average molecular weight is 416 g/mol. The van der Waals surface area contributed by atoms with Crippen molar-refractivity contribution in [1.29, 1.82) is 0 Å². The van der Waals surface area contributed by atoms with Crippen molar-refractivity contribution in [2.24, 2.45) is 0 Å². The molecule has 1 heterocycles. The van der Waals surface area contributed by atoms with Crippen LogP contribution in [-0.2, 0) is 0 Å². The summed E-state index contributed by atoms with van der Waals surface area (Å²) in [6.45, 7) is 5.92. The number of rotatable bonds is 3. The number of fused-ring (bicyclic) bond motifs is 1. The van der Waals surface area contributed by atoms with Gasteiger partial charge in [0.15, 0.2) is 10.7 Å². The fraction of sp³-hybridized carbons (Fsp3) is 0.125. The first-order valence-electron chi connectivity index (χ1n) is 9.56. The number of amides is 1. The number of hydrogen-bond acceptors (Lipinski definition) is 4. The van der Waals surface area contributed by atoms with E-state index in [4.69, 9.17) is 16.6 Å². The standard InChI is InChI=1S/C24H21N3O2S/c1-14-4-10-19(16(3)12-14)22(28)27-24(30)25-18-8-6-17(7-9-18)23-26-20-11-5-15(2)13-21(20)29-23/h4-13H,1-3H3,(H2,25,27,28,30). The Morgan fingerprint density at radius 2 is 1.63 bits per heavy atom. The van der Waals surface area contributed by atoms with Crippen LogP contribution in [0.3, 0.4) is 0 Å². The Morgan fingerprint density at radius 3 is 2.37 bits per heavy atom. The van der Waals surface area contributed by atoms with E-state index >= 15 is 0 Å². The zero-order valence-corrected chi connectivity index (χ0v) is 17.8. The second-order valence-electron chi connectivity index (χ2n) is 7.29. The number of thiocarbonyl (C=S) groups is 1. The summed E-state index contributed by atoms with van der Waals surface area (Å²) >= 11 is 5.29. The number of carbonyl (C=O) groups excluding carboxylic acids is 1. The van der Waals surface area contributed by atoms with Gasteiger partial charge in [0.1, 0.15) is 5.52 Å². The number of oxazole rings is 1. The van der Waals surface area contributed by atoms with Gasteiger partial charge in [0.05, 0.1) is 0 Å². The van der Waals surface area contributed by atoms with Gasteiger partial charge < -0.3 is 9.73 Å². The Hall–Kier alpha value is -3.51. The second-order valence-corrected chi connectivity index (χ2v) is 7.70. The van der Waals surface area contributed by atoms with E-state index in [0.29, 0.717) is 11.5 Å². The molecule has 2 N–H and O–H groups in total. The molecule has 0 aliphatic carbocycles. The van der Waals surface area contributed by atoms with Gasteiger partial charge in [-0.15, -0.1) is 0 Å². The van der Waals surface area contributed by atoms with Crippen molar-refractivity contribution >= 4 is 40.0 Å². The van der Waals surface area contributed by atoms with Crippen molar-refractivity contribution in [2.75, 3.05) is 5.32 Å². The highest BCUT2D eigenvalue weighted by Gasteiger charge is 2.12. The number of aromatic nitrogens is 1. The molecule has 3 aromatic carbocycles. The molecule has 4 rings (SSSR count). The fourth-order valence-corrected chi connectivity index (χ4v) is 3.46. The Kier molecular flexibility index (Phi) is 5.33. The fourth-order valence-electron chi connectivity index (χ4n) is 3.25. The zero-order valence-electron chi connectivity index (χ0n) is 16.9. The van der Waals surface area contributed by atoms with Gasteiger partial charge in [-0.3, -0.25) is 10.1 Å². The number of nitrogens with zero attached hydrogens (tertiary/aromatic N) is 1. The van der Waals surface area contributed by atoms with E-state index in [1.165, 1.54) is 0 Å². The maximum absolute atomic E-state index is 12.5. The molecule has 0 fully saturated rings. The lowest BCUT2D eigenvalue weighted by Crippen LogP contribution is -2.34. The molecule has 0 aliphatic rings. The number of hydrogen-bond donors (Lipinski definition) is 2. The minimum absolute atomic E-state index is 0.233. The third kappa shape index (κ3) is 4.23. The highest BCUT2D eigenvalue weighted by Crippen LogP contribution is 2.26. The molecular weight excluding hydrogens is 394 g/mol. The van der Waals surface area contributed by atoms with Gasteiger partial charge in [0.25, 0.3) is 5.91 Å². The second kappa shape index (κ2) is 8.08. The lowest BCUT2D eigenvalue weighted by molar-refractivity contribution is 0.0977. The molecule has 1 aromatic heterocycles. The number of anilines is 1. The molecule has 1 amide bonds. The van der Waals surface area contributed by atoms with Crippen molar-refractivity contribution in [2.45, 2.75) is 20.8 Å². The van der Waals surface area contributed by atoms with E-state index < -0.39 is 0 Å². The van der Waals surface area contributed by atoms with Gasteiger partial charge in [-0.25, -0.2) is 4.98 Å². The van der Waals surface area contributed by atoms with Crippen molar-refractivity contribution < 1.29 is 9.21 Å². The van der Waals surface area contributed by atoms with Gasteiger partial charge in [-0.05, 0) is 86.6 Å². The molecule has 0 bridgehead atoms. The Morgan fingerprint density at radius 1 is 0.933 bits per heavy atom. The zero-order chi connectivity index (χ0) is 21.3. The molecule has 0 atom stereocenters. The van der Waals surface area contributed by atoms with Crippen LogP contribution in [0.15, 0.2) is 65.1 Å². The van der Waals surface area contributed by atoms with Crippen LogP contribution in [0.2, 0.25) is 0 Å². The maximum Gasteiger partial charge on any atom is 0.257 e. The van der Waals surface area contributed by atoms with Crippen LogP contribution in [0, 0.1) is 20.8 Å². The summed E-state index contributed by atoms with van der Waals surface area (Å²) in [5.74, 6) is 0.330. The Labute approximate surface area is 180 Å². The van der Waals surface area contributed by atoms with E-state index in [9.17, 15) is 4.79 Å². The topological polar surface area (TPSA) is 67.2 Å². The normalized spacial score (nSPS) is 10.8. The molecule has 0 saturated heterocycles. The summed E-state index contributed by atoms with van der Waals surface area (Å²) in [5, 5.41) is 6.00. The molecule has 30 heavy (non-hydrogen) atoms. The summed E-state index contributed by atoms with van der Waals surface area (Å²) in [6.07, 6.45) is 0. The monoisotopic (exact) mass is 415 g/mol. The summed E-state index contributed by atoms with van der Waals surface area (Å²) in [4.78, 5) is 17.0. The van der Waals surface area contributed by atoms with E-state index in [-0.39, 0.29) is 11.0 Å². The summed E-state index contributed by atoms with van der Waals surface area (Å²) < 4.78 is 5.86. The van der Waals surface area contributed by atoms with Crippen LogP contribution in [-0.4, -0.2) is 16.0 Å². The molecule has 150 valence electrons. The molecule has 0 radical (unpaired) electrons. The number of benzene rings is 3. The van der Waals surface area contributed by atoms with Gasteiger partial charge >= 0.3 is 0 Å². The van der Waals surface area contributed by atoms with E-state index in [1.54, 1.807) is 6.07 Å². The summed E-state index contributed by atoms with van der Waals surface area (Å²) in [7, 11) is 0. The summed E-state index contributed by atoms with van der Waals surface area (Å²) in [6, 6.07) is 19.1. The van der Waals surface area contributed by atoms with Crippen molar-refractivity contribution in [3.8, 4) is 11.5 Å². The largest absolute Gasteiger partial charge is 0.436 e. The van der Waals surface area contributed by atoms with Gasteiger partial charge in [0.2, 0.25) is 5.89 Å². The Bertz CT molecular complexity index is 1260. The quantitative estimate of drug-likeness (QED) is 0.430. The predicted molar refractivity (Wildman–Crippen MR) is 124 cm³/mol. The lowest BCUT2D eigenvalue weighted by atomic mass is 10.1. The van der Waals surface area contributed by atoms with Gasteiger partial charge in [0, 0.05) is 16.8 Å². The van der Waals surface area contributed by atoms with E-state index in [0.717, 1.165) is 39.0 Å². The average Bonchev–Trinajstić information content (AvgIpc) is 3.11. The maximum atomic E-state index is 12.5. The van der Waals surface area contributed by atoms with Crippen LogP contribution in [0.1, 0.15) is 27.0 Å². The Balaban J connectivity index is 1.43. The van der Waals surface area contributed by atoms with Crippen LogP contribution in [0.25, 0.3) is 22.6 Å². The van der Waals surface area contributed by atoms with Crippen molar-refractivity contribution in [3.05, 3.63) is 82.9 Å². The smallest absolute Gasteiger partial charge is 0.257 e. The van der Waals surface area contributed by atoms with Crippen molar-refractivity contribution in [1.82, 2.24) is 10.3 Å². The summed E-state index contributed by atoms with van der Waals surface area (Å²) in [5.41, 5.74) is 6.96. The van der Waals surface area contributed by atoms with Gasteiger partial charge in [-0.2, -0.15) is 0 Å². The number of carbonyl (C=O) groups is 1. The first-order chi connectivity index (χ1) is 14.4. The van der Waals surface area contributed by atoms with Crippen LogP contribution >= 0.6 is 12.2 Å². The number of nitrogens with one attached hydrogen (secondary N) is 2. The highest BCUT2D eigenvalue weighted by atomic mass is 32.1. The lowest BCUT2D eigenvalue weighted by Gasteiger charge is -2.11. The molecule has 5 nitrogen and oxygen atoms in total. The molecule has 6 heteroatoms. The van der Waals surface area contributed by atoms with Crippen LogP contribution in [0.4, 0.5) is 5.69 Å². The third-order valence-electron chi connectivity index (χ3n) is 4.79. The minimum Gasteiger partial charge on any atom is -0.436 e. The minimum atomic E-state index is -0.233. The third-order valence-corrected chi connectivity index (χ3v) is 4.99. The molecule has 0 saturated carbocycles. The van der Waals surface area contributed by atoms with Crippen molar-refractivity contribution in [3.63, 3.8) is 0 Å². The molecule has 4 aromatic rings. The van der Waals surface area contributed by atoms with E-state index in [2.05, 4.69) is 15.6 Å².